The molecule has 2 nitrogen and oxygen atoms in total. The summed E-state index contributed by atoms with van der Waals surface area (Å²) in [6.07, 6.45) is 0.844. The lowest BCUT2D eigenvalue weighted by atomic mass is 10.0. The van der Waals surface area contributed by atoms with Gasteiger partial charge in [-0.2, -0.15) is 0 Å². The van der Waals surface area contributed by atoms with Crippen molar-refractivity contribution in [3.63, 3.8) is 0 Å². The van der Waals surface area contributed by atoms with Crippen LogP contribution in [0.25, 0.3) is 0 Å². The first-order chi connectivity index (χ1) is 7.54. The molecule has 0 aliphatic rings. The Kier molecular flexibility index (Phi) is 4.81. The number of aryl methyl sites for hydroxylation is 1. The molecule has 1 unspecified atom stereocenters. The molecule has 88 valence electrons. The second kappa shape index (κ2) is 5.90. The smallest absolute Gasteiger partial charge is 0.172 e. The van der Waals surface area contributed by atoms with Crippen LogP contribution >= 0.6 is 11.6 Å². The van der Waals surface area contributed by atoms with E-state index in [4.69, 9.17) is 16.3 Å². The van der Waals surface area contributed by atoms with Gasteiger partial charge in [-0.3, -0.25) is 4.79 Å². The zero-order chi connectivity index (χ0) is 12.1. The molecule has 3 heteroatoms. The number of ether oxygens (including phenoxy) is 1. The molecule has 1 aromatic carbocycles. The lowest BCUT2D eigenvalue weighted by Gasteiger charge is -2.11. The second-order valence-electron chi connectivity index (χ2n) is 3.97. The highest BCUT2D eigenvalue weighted by atomic mass is 35.5. The zero-order valence-corrected chi connectivity index (χ0v) is 10.7. The Morgan fingerprint density at radius 1 is 1.50 bits per heavy atom. The Balaban J connectivity index is 2.61. The summed E-state index contributed by atoms with van der Waals surface area (Å²) in [5.74, 6) is 0.866. The molecule has 16 heavy (non-hydrogen) atoms. The monoisotopic (exact) mass is 240 g/mol. The number of hydrogen-bond acceptors (Lipinski definition) is 2. The summed E-state index contributed by atoms with van der Waals surface area (Å²) in [7, 11) is 0. The fourth-order valence-electron chi connectivity index (χ4n) is 1.25. The van der Waals surface area contributed by atoms with Crippen molar-refractivity contribution in [2.75, 3.05) is 6.61 Å². The minimum absolute atomic E-state index is 0.0551. The van der Waals surface area contributed by atoms with Crippen LogP contribution in [-0.2, 0) is 4.79 Å². The number of halogens is 1. The van der Waals surface area contributed by atoms with E-state index < -0.39 is 0 Å². The van der Waals surface area contributed by atoms with Gasteiger partial charge < -0.3 is 4.74 Å². The summed E-state index contributed by atoms with van der Waals surface area (Å²) in [6, 6.07) is 5.42. The van der Waals surface area contributed by atoms with Crippen LogP contribution in [-0.4, -0.2) is 12.4 Å². The number of carbonyl (C=O) groups is 1. The van der Waals surface area contributed by atoms with Crippen LogP contribution in [0.5, 0.6) is 5.75 Å². The van der Waals surface area contributed by atoms with Gasteiger partial charge in [-0.25, -0.2) is 0 Å². The van der Waals surface area contributed by atoms with Gasteiger partial charge in [-0.1, -0.05) is 31.5 Å². The molecule has 0 aliphatic heterocycles. The number of hydrogen-bond donors (Lipinski definition) is 0. The summed E-state index contributed by atoms with van der Waals surface area (Å²) in [5.41, 5.74) is 0.987. The lowest BCUT2D eigenvalue weighted by molar-refractivity contribution is -0.124. The first-order valence-corrected chi connectivity index (χ1v) is 5.84. The van der Waals surface area contributed by atoms with Crippen LogP contribution < -0.4 is 4.74 Å². The molecule has 0 amide bonds. The Hall–Kier alpha value is -1.02. The molecular formula is C13H17ClO2. The zero-order valence-electron chi connectivity index (χ0n) is 9.92. The molecule has 0 N–H and O–H groups in total. The number of Topliss-reactive ketones (excluding diaryl/α,β-unsaturated/α-hetero) is 1. The van der Waals surface area contributed by atoms with E-state index in [0.29, 0.717) is 10.8 Å². The molecule has 0 heterocycles. The summed E-state index contributed by atoms with van der Waals surface area (Å²) in [4.78, 5) is 11.6. The van der Waals surface area contributed by atoms with Gasteiger partial charge >= 0.3 is 0 Å². The van der Waals surface area contributed by atoms with Crippen molar-refractivity contribution < 1.29 is 9.53 Å². The normalized spacial score (nSPS) is 12.2. The molecule has 0 saturated heterocycles. The summed E-state index contributed by atoms with van der Waals surface area (Å²) >= 11 is 5.86. The van der Waals surface area contributed by atoms with Gasteiger partial charge in [0, 0.05) is 10.9 Å². The molecule has 0 bridgehead atoms. The highest BCUT2D eigenvalue weighted by Gasteiger charge is 2.11. The number of carbonyl (C=O) groups excluding carboxylic acids is 1. The molecule has 1 rings (SSSR count). The van der Waals surface area contributed by atoms with E-state index in [-0.39, 0.29) is 18.3 Å². The highest BCUT2D eigenvalue weighted by molar-refractivity contribution is 6.30. The van der Waals surface area contributed by atoms with Crippen molar-refractivity contribution >= 4 is 17.4 Å². The van der Waals surface area contributed by atoms with E-state index in [2.05, 4.69) is 0 Å². The minimum Gasteiger partial charge on any atom is -0.486 e. The molecule has 0 saturated carbocycles. The fourth-order valence-corrected chi connectivity index (χ4v) is 1.41. The predicted molar refractivity (Wildman–Crippen MR) is 66.1 cm³/mol. The first kappa shape index (κ1) is 13.0. The third-order valence-corrected chi connectivity index (χ3v) is 2.92. The van der Waals surface area contributed by atoms with E-state index in [0.717, 1.165) is 12.0 Å². The Labute approximate surface area is 102 Å². The van der Waals surface area contributed by atoms with Gasteiger partial charge in [0.05, 0.1) is 0 Å². The SMILES string of the molecule is CCC(C)C(=O)COc1cc(Cl)ccc1C. The molecule has 0 aromatic heterocycles. The third-order valence-electron chi connectivity index (χ3n) is 2.68. The van der Waals surface area contributed by atoms with Crippen LogP contribution in [0.2, 0.25) is 5.02 Å². The van der Waals surface area contributed by atoms with Crippen LogP contribution in [0.3, 0.4) is 0 Å². The third kappa shape index (κ3) is 3.53. The standard InChI is InChI=1S/C13H17ClO2/c1-4-9(2)12(15)8-16-13-7-11(14)6-5-10(13)3/h5-7,9H,4,8H2,1-3H3. The highest BCUT2D eigenvalue weighted by Crippen LogP contribution is 2.22. The first-order valence-electron chi connectivity index (χ1n) is 5.46. The molecule has 0 spiro atoms. The van der Waals surface area contributed by atoms with Gasteiger partial charge in [-0.05, 0) is 31.0 Å². The van der Waals surface area contributed by atoms with Crippen molar-refractivity contribution in [3.05, 3.63) is 28.8 Å². The van der Waals surface area contributed by atoms with Crippen molar-refractivity contribution in [2.24, 2.45) is 5.92 Å². The molecule has 0 fully saturated rings. The van der Waals surface area contributed by atoms with Gasteiger partial charge in [0.2, 0.25) is 0 Å². The maximum absolute atomic E-state index is 11.6. The maximum Gasteiger partial charge on any atom is 0.172 e. The van der Waals surface area contributed by atoms with E-state index in [1.165, 1.54) is 0 Å². The molecule has 1 atom stereocenters. The molecular weight excluding hydrogens is 224 g/mol. The number of benzene rings is 1. The average Bonchev–Trinajstić information content (AvgIpc) is 2.28. The van der Waals surface area contributed by atoms with E-state index in [1.807, 2.05) is 26.8 Å². The van der Waals surface area contributed by atoms with Gasteiger partial charge in [0.25, 0.3) is 0 Å². The average molecular weight is 241 g/mol. The van der Waals surface area contributed by atoms with Crippen molar-refractivity contribution in [3.8, 4) is 5.75 Å². The van der Waals surface area contributed by atoms with E-state index >= 15 is 0 Å². The summed E-state index contributed by atoms with van der Waals surface area (Å²) < 4.78 is 5.47. The van der Waals surface area contributed by atoms with Gasteiger partial charge in [-0.15, -0.1) is 0 Å². The van der Waals surface area contributed by atoms with Crippen molar-refractivity contribution in [1.29, 1.82) is 0 Å². The largest absolute Gasteiger partial charge is 0.486 e. The van der Waals surface area contributed by atoms with Crippen LogP contribution in [0, 0.1) is 12.8 Å². The van der Waals surface area contributed by atoms with Crippen LogP contribution in [0.4, 0.5) is 0 Å². The van der Waals surface area contributed by atoms with Crippen molar-refractivity contribution in [2.45, 2.75) is 27.2 Å². The Bertz CT molecular complexity index is 374. The van der Waals surface area contributed by atoms with Crippen LogP contribution in [0.15, 0.2) is 18.2 Å². The maximum atomic E-state index is 11.6. The predicted octanol–water partition coefficient (Wildman–Crippen LogP) is 3.64. The number of rotatable bonds is 5. The van der Waals surface area contributed by atoms with Crippen LogP contribution in [0.1, 0.15) is 25.8 Å². The summed E-state index contributed by atoms with van der Waals surface area (Å²) in [6.45, 7) is 5.96. The molecule has 0 radical (unpaired) electrons. The molecule has 0 aliphatic carbocycles. The Morgan fingerprint density at radius 2 is 2.19 bits per heavy atom. The Morgan fingerprint density at radius 3 is 2.81 bits per heavy atom. The van der Waals surface area contributed by atoms with E-state index in [9.17, 15) is 4.79 Å². The van der Waals surface area contributed by atoms with Crippen molar-refractivity contribution in [1.82, 2.24) is 0 Å². The fraction of sp³-hybridized carbons (Fsp3) is 0.462. The minimum atomic E-state index is 0.0551. The quantitative estimate of drug-likeness (QED) is 0.786. The van der Waals surface area contributed by atoms with Gasteiger partial charge in [0.1, 0.15) is 12.4 Å². The van der Waals surface area contributed by atoms with Gasteiger partial charge in [0.15, 0.2) is 5.78 Å². The summed E-state index contributed by atoms with van der Waals surface area (Å²) in [5, 5.41) is 0.622. The molecule has 1 aromatic rings. The van der Waals surface area contributed by atoms with E-state index in [1.54, 1.807) is 12.1 Å². The lowest BCUT2D eigenvalue weighted by Crippen LogP contribution is -2.18. The number of ketones is 1. The topological polar surface area (TPSA) is 26.3 Å². The second-order valence-corrected chi connectivity index (χ2v) is 4.41.